The number of amides is 2. The zero-order valence-corrected chi connectivity index (χ0v) is 18.8. The maximum absolute atomic E-state index is 12.8. The van der Waals surface area contributed by atoms with Crippen molar-refractivity contribution in [3.63, 3.8) is 0 Å². The molecule has 0 aromatic heterocycles. The summed E-state index contributed by atoms with van der Waals surface area (Å²) in [7, 11) is 0. The van der Waals surface area contributed by atoms with Crippen LogP contribution in [0.1, 0.15) is 45.0 Å². The Kier molecular flexibility index (Phi) is 8.45. The molecule has 31 heavy (non-hydrogen) atoms. The normalized spacial score (nSPS) is 13.8. The third-order valence-electron chi connectivity index (χ3n) is 4.95. The minimum Gasteiger partial charge on any atom is -0.394 e. The van der Waals surface area contributed by atoms with Gasteiger partial charge in [-0.05, 0) is 47.7 Å². The van der Waals surface area contributed by atoms with E-state index in [0.717, 1.165) is 5.69 Å². The number of nitrogens with zero attached hydrogens (tertiary/aromatic N) is 2. The molecule has 0 heterocycles. The highest BCUT2D eigenvalue weighted by Crippen LogP contribution is 2.20. The zero-order valence-electron chi connectivity index (χ0n) is 18.8. The van der Waals surface area contributed by atoms with Crippen molar-refractivity contribution in [2.45, 2.75) is 46.7 Å². The number of hydrogen-bond donors (Lipinski definition) is 3. The SMILES string of the molecule is CC(C)[C@H](NC(=O)c1ccc(N=Nc2ccccc2)cc1)C(=O)N[C@H](CO)C(C)(C)C. The molecule has 2 atom stereocenters. The number of aliphatic hydroxyl groups excluding tert-OH is 1. The zero-order chi connectivity index (χ0) is 23.0. The molecule has 0 saturated heterocycles. The van der Waals surface area contributed by atoms with Gasteiger partial charge in [-0.1, -0.05) is 52.8 Å². The Morgan fingerprint density at radius 2 is 1.45 bits per heavy atom. The van der Waals surface area contributed by atoms with Gasteiger partial charge in [0.25, 0.3) is 5.91 Å². The number of nitrogens with one attached hydrogen (secondary N) is 2. The fourth-order valence-corrected chi connectivity index (χ4v) is 2.85. The Bertz CT molecular complexity index is 887. The lowest BCUT2D eigenvalue weighted by molar-refractivity contribution is -0.125. The Labute approximate surface area is 184 Å². The summed E-state index contributed by atoms with van der Waals surface area (Å²) in [6, 6.07) is 14.9. The van der Waals surface area contributed by atoms with Gasteiger partial charge < -0.3 is 15.7 Å². The summed E-state index contributed by atoms with van der Waals surface area (Å²) in [6.45, 7) is 9.37. The predicted molar refractivity (Wildman–Crippen MR) is 122 cm³/mol. The van der Waals surface area contributed by atoms with Crippen LogP contribution in [0.25, 0.3) is 0 Å². The average molecular weight is 425 g/mol. The van der Waals surface area contributed by atoms with Crippen molar-refractivity contribution in [1.29, 1.82) is 0 Å². The molecule has 2 rings (SSSR count). The number of carbonyl (C=O) groups is 2. The van der Waals surface area contributed by atoms with Gasteiger partial charge in [0.1, 0.15) is 6.04 Å². The number of carbonyl (C=O) groups excluding carboxylic acids is 2. The molecule has 7 heteroatoms. The fourth-order valence-electron chi connectivity index (χ4n) is 2.85. The first-order valence-electron chi connectivity index (χ1n) is 10.4. The van der Waals surface area contributed by atoms with Crippen LogP contribution < -0.4 is 10.6 Å². The molecule has 0 fully saturated rings. The minimum atomic E-state index is -0.721. The topological polar surface area (TPSA) is 103 Å². The average Bonchev–Trinajstić information content (AvgIpc) is 2.74. The van der Waals surface area contributed by atoms with Gasteiger partial charge in [0.05, 0.1) is 24.0 Å². The van der Waals surface area contributed by atoms with E-state index in [1.165, 1.54) is 0 Å². The van der Waals surface area contributed by atoms with Gasteiger partial charge in [0, 0.05) is 5.56 Å². The lowest BCUT2D eigenvalue weighted by Crippen LogP contribution is -2.55. The third-order valence-corrected chi connectivity index (χ3v) is 4.95. The van der Waals surface area contributed by atoms with Gasteiger partial charge in [0.2, 0.25) is 5.91 Å². The number of rotatable bonds is 8. The van der Waals surface area contributed by atoms with Crippen LogP contribution in [0.5, 0.6) is 0 Å². The van der Waals surface area contributed by atoms with E-state index in [2.05, 4.69) is 20.9 Å². The molecular formula is C24H32N4O3. The quantitative estimate of drug-likeness (QED) is 0.548. The molecule has 0 aliphatic rings. The summed E-state index contributed by atoms with van der Waals surface area (Å²) in [5.41, 5.74) is 1.48. The second kappa shape index (κ2) is 10.8. The summed E-state index contributed by atoms with van der Waals surface area (Å²) in [5.74, 6) is -0.787. The Morgan fingerprint density at radius 1 is 0.903 bits per heavy atom. The highest BCUT2D eigenvalue weighted by Gasteiger charge is 2.30. The van der Waals surface area contributed by atoms with Crippen molar-refractivity contribution < 1.29 is 14.7 Å². The Hall–Kier alpha value is -3.06. The van der Waals surface area contributed by atoms with E-state index in [-0.39, 0.29) is 29.8 Å². The van der Waals surface area contributed by atoms with Crippen LogP contribution in [-0.2, 0) is 4.79 Å². The Balaban J connectivity index is 2.05. The molecule has 3 N–H and O–H groups in total. The monoisotopic (exact) mass is 424 g/mol. The van der Waals surface area contributed by atoms with Crippen LogP contribution in [-0.4, -0.2) is 35.6 Å². The van der Waals surface area contributed by atoms with Crippen molar-refractivity contribution in [3.8, 4) is 0 Å². The summed E-state index contributed by atoms with van der Waals surface area (Å²) in [4.78, 5) is 25.5. The van der Waals surface area contributed by atoms with Crippen LogP contribution in [0.2, 0.25) is 0 Å². The number of benzene rings is 2. The molecule has 2 amide bonds. The van der Waals surface area contributed by atoms with E-state index < -0.39 is 12.1 Å². The molecule has 0 aliphatic heterocycles. The Morgan fingerprint density at radius 3 is 1.94 bits per heavy atom. The maximum atomic E-state index is 12.8. The number of aliphatic hydroxyl groups is 1. The van der Waals surface area contributed by atoms with Gasteiger partial charge in [-0.15, -0.1) is 0 Å². The lowest BCUT2D eigenvalue weighted by Gasteiger charge is -2.32. The van der Waals surface area contributed by atoms with Gasteiger partial charge >= 0.3 is 0 Å². The van der Waals surface area contributed by atoms with E-state index in [1.807, 2.05) is 65.0 Å². The highest BCUT2D eigenvalue weighted by molar-refractivity contribution is 5.97. The molecule has 166 valence electrons. The second-order valence-corrected chi connectivity index (χ2v) is 8.89. The lowest BCUT2D eigenvalue weighted by atomic mass is 9.87. The van der Waals surface area contributed by atoms with Crippen molar-refractivity contribution in [2.24, 2.45) is 21.6 Å². The first-order chi connectivity index (χ1) is 14.6. The molecule has 0 bridgehead atoms. The van der Waals surface area contributed by atoms with Crippen LogP contribution in [0.3, 0.4) is 0 Å². The van der Waals surface area contributed by atoms with E-state index in [4.69, 9.17) is 0 Å². The van der Waals surface area contributed by atoms with E-state index in [0.29, 0.717) is 11.3 Å². The van der Waals surface area contributed by atoms with Crippen molar-refractivity contribution in [2.75, 3.05) is 6.61 Å². The molecule has 0 aliphatic carbocycles. The summed E-state index contributed by atoms with van der Waals surface area (Å²) in [5, 5.41) is 23.6. The van der Waals surface area contributed by atoms with Crippen LogP contribution >= 0.6 is 0 Å². The molecule has 0 unspecified atom stereocenters. The molecule has 0 radical (unpaired) electrons. The number of azo groups is 1. The summed E-state index contributed by atoms with van der Waals surface area (Å²) in [6.07, 6.45) is 0. The maximum Gasteiger partial charge on any atom is 0.251 e. The van der Waals surface area contributed by atoms with Crippen molar-refractivity contribution in [3.05, 3.63) is 60.2 Å². The van der Waals surface area contributed by atoms with E-state index >= 15 is 0 Å². The second-order valence-electron chi connectivity index (χ2n) is 8.89. The first-order valence-corrected chi connectivity index (χ1v) is 10.4. The van der Waals surface area contributed by atoms with Crippen molar-refractivity contribution >= 4 is 23.2 Å². The first kappa shape index (κ1) is 24.2. The van der Waals surface area contributed by atoms with Crippen LogP contribution in [0.4, 0.5) is 11.4 Å². The largest absolute Gasteiger partial charge is 0.394 e. The van der Waals surface area contributed by atoms with Crippen LogP contribution in [0, 0.1) is 11.3 Å². The minimum absolute atomic E-state index is 0.123. The van der Waals surface area contributed by atoms with Gasteiger partial charge in [-0.25, -0.2) is 0 Å². The fraction of sp³-hybridized carbons (Fsp3) is 0.417. The third kappa shape index (κ3) is 7.29. The van der Waals surface area contributed by atoms with Crippen LogP contribution in [0.15, 0.2) is 64.8 Å². The van der Waals surface area contributed by atoms with E-state index in [1.54, 1.807) is 24.3 Å². The molecule has 2 aromatic carbocycles. The molecule has 0 spiro atoms. The summed E-state index contributed by atoms with van der Waals surface area (Å²) < 4.78 is 0. The van der Waals surface area contributed by atoms with Gasteiger partial charge in [-0.2, -0.15) is 10.2 Å². The summed E-state index contributed by atoms with van der Waals surface area (Å²) >= 11 is 0. The van der Waals surface area contributed by atoms with E-state index in [9.17, 15) is 14.7 Å². The van der Waals surface area contributed by atoms with Gasteiger partial charge in [0.15, 0.2) is 0 Å². The molecule has 0 saturated carbocycles. The van der Waals surface area contributed by atoms with Gasteiger partial charge in [-0.3, -0.25) is 9.59 Å². The highest BCUT2D eigenvalue weighted by atomic mass is 16.3. The standard InChI is InChI=1S/C24H32N4O3/c1-16(2)21(23(31)25-20(15-29)24(3,4)5)26-22(30)17-11-13-19(14-12-17)28-27-18-9-7-6-8-10-18/h6-14,16,20-21,29H,15H2,1-5H3,(H,25,31)(H,26,30)/t20-,21+/m1/s1. The molecular weight excluding hydrogens is 392 g/mol. The molecule has 7 nitrogen and oxygen atoms in total. The number of hydrogen-bond acceptors (Lipinski definition) is 5. The smallest absolute Gasteiger partial charge is 0.251 e. The molecule has 2 aromatic rings. The van der Waals surface area contributed by atoms with Crippen molar-refractivity contribution in [1.82, 2.24) is 10.6 Å². The predicted octanol–water partition coefficient (Wildman–Crippen LogP) is 4.38.